The molecule has 8 atom stereocenters. The zero-order chi connectivity index (χ0) is 32.3. The molecule has 2 saturated heterocycles. The third-order valence-corrected chi connectivity index (χ3v) is 9.34. The summed E-state index contributed by atoms with van der Waals surface area (Å²) < 4.78 is 47.6. The average Bonchev–Trinajstić information content (AvgIpc) is 3.73. The lowest BCUT2D eigenvalue weighted by Gasteiger charge is -2.33. The monoisotopic (exact) mass is 672 g/mol. The molecule has 6 heterocycles. The second-order valence-electron chi connectivity index (χ2n) is 10.8. The molecule has 2 aliphatic heterocycles. The summed E-state index contributed by atoms with van der Waals surface area (Å²) in [5.41, 5.74) is 7.55. The molecule has 8 N–H and O–H groups in total. The molecule has 1 unspecified atom stereocenters. The molecule has 0 amide bonds. The van der Waals surface area contributed by atoms with Crippen molar-refractivity contribution < 1.29 is 42.8 Å². The number of H-pyrrole nitrogens is 1. The smallest absolute Gasteiger partial charge is 0.325 e. The Morgan fingerprint density at radius 1 is 1.20 bits per heavy atom. The van der Waals surface area contributed by atoms with Crippen LogP contribution in [0.4, 0.5) is 16.2 Å². The van der Waals surface area contributed by atoms with Crippen LogP contribution in [-0.4, -0.2) is 111 Å². The van der Waals surface area contributed by atoms with E-state index >= 15 is 4.39 Å². The maximum atomic E-state index is 16.2. The molecular formula is C23H30FN10O9PS. The Bertz CT molecular complexity index is 1840. The standard InChI is InChI=1S/C23H30FN10O9PS/c1-22(13(36)12(39-2)19(42-22)33-8-29-10-15(25)27-7-28-16(10)33)5-41-44(38,45)43-14-20(40-6-23(14,24)3-4-35)34-9-30-11-17(34)31-21(26)32-18(11)37/h7-9,12-14,19-20,35-36H,3-6H2,1-2H3,(H,38,45)(H2,25,27,28)(H3,26,31,32,37)/t12-,13+,14+,19-,20-,22-,23+,44?/m1/s1. The fraction of sp³-hybridized carbons (Fsp3) is 0.565. The molecule has 6 rings (SSSR count). The van der Waals surface area contributed by atoms with Crippen molar-refractivity contribution in [1.82, 2.24) is 39.0 Å². The second-order valence-corrected chi connectivity index (χ2v) is 13.6. The van der Waals surface area contributed by atoms with Crippen molar-refractivity contribution in [1.29, 1.82) is 0 Å². The zero-order valence-electron chi connectivity index (χ0n) is 23.8. The van der Waals surface area contributed by atoms with Gasteiger partial charge in [-0.15, -0.1) is 0 Å². The molecule has 45 heavy (non-hydrogen) atoms. The maximum Gasteiger partial charge on any atom is 0.325 e. The van der Waals surface area contributed by atoms with Gasteiger partial charge in [0.2, 0.25) is 5.95 Å². The van der Waals surface area contributed by atoms with E-state index in [2.05, 4.69) is 29.9 Å². The predicted octanol–water partition coefficient (Wildman–Crippen LogP) is -0.975. The number of alkyl halides is 1. The average molecular weight is 673 g/mol. The quantitative estimate of drug-likeness (QED) is 0.111. The van der Waals surface area contributed by atoms with Crippen molar-refractivity contribution in [2.75, 3.05) is 38.4 Å². The third-order valence-electron chi connectivity index (χ3n) is 7.82. The molecule has 0 saturated carbocycles. The number of nitrogens with zero attached hydrogens (tertiary/aromatic N) is 7. The summed E-state index contributed by atoms with van der Waals surface area (Å²) in [6.07, 6.45) is -2.89. The van der Waals surface area contributed by atoms with Gasteiger partial charge < -0.3 is 45.3 Å². The third kappa shape index (κ3) is 5.47. The van der Waals surface area contributed by atoms with Crippen molar-refractivity contribution >= 4 is 52.6 Å². The fourth-order valence-electron chi connectivity index (χ4n) is 5.49. The van der Waals surface area contributed by atoms with Gasteiger partial charge in [-0.1, -0.05) is 0 Å². The van der Waals surface area contributed by atoms with E-state index < -0.39 is 80.6 Å². The van der Waals surface area contributed by atoms with E-state index in [-0.39, 0.29) is 22.9 Å². The SMILES string of the molecule is CO[C@H]1[C@H](n2cnc3c(N)ncnc32)O[C@](C)(COP(O)(=S)O[C@H]2[C@H](n3cnc4c(=O)[nH]c(N)nc43)OC[C@@]2(F)CCO)[C@H]1O. The number of halogens is 1. The van der Waals surface area contributed by atoms with E-state index in [0.717, 1.165) is 0 Å². The number of anilines is 2. The molecule has 0 spiro atoms. The van der Waals surface area contributed by atoms with Crippen LogP contribution in [0.1, 0.15) is 25.8 Å². The van der Waals surface area contributed by atoms with Gasteiger partial charge in [0.15, 0.2) is 40.8 Å². The molecule has 4 aromatic heterocycles. The van der Waals surface area contributed by atoms with Gasteiger partial charge in [0.1, 0.15) is 35.8 Å². The van der Waals surface area contributed by atoms with E-state index in [0.29, 0.717) is 11.2 Å². The number of hydrogen-bond acceptors (Lipinski definition) is 16. The number of aliphatic hydroxyl groups excluding tert-OH is 2. The first-order valence-electron chi connectivity index (χ1n) is 13.4. The molecule has 0 radical (unpaired) electrons. The minimum atomic E-state index is -4.34. The number of methoxy groups -OCH3 is 1. The summed E-state index contributed by atoms with van der Waals surface area (Å²) in [5, 5.41) is 20.8. The van der Waals surface area contributed by atoms with E-state index in [1.807, 2.05) is 0 Å². The molecule has 22 heteroatoms. The summed E-state index contributed by atoms with van der Waals surface area (Å²) in [5.74, 6) is -0.0811. The molecule has 2 fully saturated rings. The van der Waals surface area contributed by atoms with Crippen LogP contribution >= 0.6 is 6.72 Å². The van der Waals surface area contributed by atoms with Gasteiger partial charge in [-0.05, 0) is 18.7 Å². The van der Waals surface area contributed by atoms with Gasteiger partial charge in [-0.25, -0.2) is 24.3 Å². The highest BCUT2D eigenvalue weighted by atomic mass is 32.5. The van der Waals surface area contributed by atoms with Gasteiger partial charge in [0, 0.05) is 20.1 Å². The number of fused-ring (bicyclic) bond motifs is 2. The number of nitrogens with one attached hydrogen (secondary N) is 1. The van der Waals surface area contributed by atoms with Crippen molar-refractivity contribution in [3.05, 3.63) is 29.3 Å². The molecule has 0 bridgehead atoms. The second kappa shape index (κ2) is 11.5. The number of nitrogens with two attached hydrogens (primary N) is 2. The van der Waals surface area contributed by atoms with Gasteiger partial charge in [0.25, 0.3) is 5.56 Å². The molecule has 0 aromatic carbocycles. The number of aliphatic hydroxyl groups is 2. The molecule has 19 nitrogen and oxygen atoms in total. The predicted molar refractivity (Wildman–Crippen MR) is 155 cm³/mol. The topological polar surface area (TPSA) is 266 Å². The molecule has 0 aliphatic carbocycles. The van der Waals surface area contributed by atoms with Gasteiger partial charge in [-0.2, -0.15) is 4.98 Å². The Morgan fingerprint density at radius 3 is 2.62 bits per heavy atom. The minimum Gasteiger partial charge on any atom is -0.396 e. The highest BCUT2D eigenvalue weighted by Crippen LogP contribution is 2.54. The Hall–Kier alpha value is -3.24. The fourth-order valence-corrected chi connectivity index (χ4v) is 6.98. The van der Waals surface area contributed by atoms with Crippen LogP contribution in [0.3, 0.4) is 0 Å². The van der Waals surface area contributed by atoms with Crippen LogP contribution < -0.4 is 17.0 Å². The number of rotatable bonds is 10. The van der Waals surface area contributed by atoms with E-state index in [9.17, 15) is 19.9 Å². The number of ether oxygens (including phenoxy) is 3. The number of nitrogen functional groups attached to an aromatic ring is 2. The molecule has 2 aliphatic rings. The lowest BCUT2D eigenvalue weighted by molar-refractivity contribution is -0.115. The number of aromatic amines is 1. The normalized spacial score (nSPS) is 31.6. The molecule has 4 aromatic rings. The summed E-state index contributed by atoms with van der Waals surface area (Å²) >= 11 is 5.26. The first-order valence-corrected chi connectivity index (χ1v) is 16.0. The van der Waals surface area contributed by atoms with Crippen molar-refractivity contribution in [2.24, 2.45) is 0 Å². The lowest BCUT2D eigenvalue weighted by atomic mass is 9.97. The highest BCUT2D eigenvalue weighted by molar-refractivity contribution is 8.07. The summed E-state index contributed by atoms with van der Waals surface area (Å²) in [7, 11) is 1.37. The van der Waals surface area contributed by atoms with Gasteiger partial charge in [-0.3, -0.25) is 23.4 Å². The minimum absolute atomic E-state index is 0.0408. The van der Waals surface area contributed by atoms with Crippen LogP contribution in [0.25, 0.3) is 22.3 Å². The zero-order valence-corrected chi connectivity index (χ0v) is 25.5. The number of hydrogen-bond donors (Lipinski definition) is 6. The molecular weight excluding hydrogens is 642 g/mol. The van der Waals surface area contributed by atoms with Crippen LogP contribution in [0, 0.1) is 0 Å². The number of aromatic nitrogens is 8. The summed E-state index contributed by atoms with van der Waals surface area (Å²) in [6.45, 7) is -4.53. The Labute approximate surface area is 257 Å². The summed E-state index contributed by atoms with van der Waals surface area (Å²) in [4.78, 5) is 46.2. The van der Waals surface area contributed by atoms with Crippen molar-refractivity contribution in [3.8, 4) is 0 Å². The van der Waals surface area contributed by atoms with E-state index in [1.54, 1.807) is 0 Å². The van der Waals surface area contributed by atoms with E-state index in [4.69, 9.17) is 46.5 Å². The Balaban J connectivity index is 1.24. The summed E-state index contributed by atoms with van der Waals surface area (Å²) in [6, 6.07) is 0. The first-order chi connectivity index (χ1) is 21.3. The van der Waals surface area contributed by atoms with Crippen molar-refractivity contribution in [2.45, 2.75) is 55.4 Å². The van der Waals surface area contributed by atoms with Gasteiger partial charge in [0.05, 0.1) is 25.9 Å². The van der Waals surface area contributed by atoms with Crippen LogP contribution in [0.5, 0.6) is 0 Å². The van der Waals surface area contributed by atoms with Crippen molar-refractivity contribution in [3.63, 3.8) is 0 Å². The lowest BCUT2D eigenvalue weighted by Crippen LogP contribution is -2.45. The van der Waals surface area contributed by atoms with Crippen LogP contribution in [0.2, 0.25) is 0 Å². The van der Waals surface area contributed by atoms with Crippen LogP contribution in [0.15, 0.2) is 23.8 Å². The Morgan fingerprint density at radius 2 is 1.91 bits per heavy atom. The van der Waals surface area contributed by atoms with E-state index in [1.165, 1.54) is 42.1 Å². The maximum absolute atomic E-state index is 16.2. The highest BCUT2D eigenvalue weighted by Gasteiger charge is 2.56. The van der Waals surface area contributed by atoms with Crippen LogP contribution in [-0.2, 0) is 35.1 Å². The first kappa shape index (κ1) is 31.7. The largest absolute Gasteiger partial charge is 0.396 e. The van der Waals surface area contributed by atoms with Gasteiger partial charge >= 0.3 is 6.72 Å². The Kier molecular flexibility index (Phi) is 8.13. The molecule has 244 valence electrons. The number of imidazole rings is 2.